The zero-order chi connectivity index (χ0) is 26.2. The molecule has 0 fully saturated rings. The van der Waals surface area contributed by atoms with Crippen LogP contribution in [0.3, 0.4) is 0 Å². The first-order valence-corrected chi connectivity index (χ1v) is 13.4. The predicted molar refractivity (Wildman–Crippen MR) is 144 cm³/mol. The number of aryl methyl sites for hydroxylation is 1. The largest absolute Gasteiger partial charge is 0.493 e. The van der Waals surface area contributed by atoms with Gasteiger partial charge in [-0.15, -0.1) is 0 Å². The molecule has 0 radical (unpaired) electrons. The molecule has 2 atom stereocenters. The number of nitrogens with one attached hydrogen (secondary N) is 2. The van der Waals surface area contributed by atoms with Crippen LogP contribution in [0.4, 0.5) is 0 Å². The highest BCUT2D eigenvalue weighted by Crippen LogP contribution is 2.25. The second-order valence-corrected chi connectivity index (χ2v) is 8.97. The molecule has 1 heterocycles. The van der Waals surface area contributed by atoms with Gasteiger partial charge in [-0.3, -0.25) is 4.79 Å². The Morgan fingerprint density at radius 2 is 1.94 bits per heavy atom. The van der Waals surface area contributed by atoms with E-state index in [2.05, 4.69) is 29.1 Å². The molecule has 0 aromatic carbocycles. The molecule has 1 aliphatic carbocycles. The maximum Gasteiger partial charge on any atom is 0.341 e. The van der Waals surface area contributed by atoms with Crippen molar-refractivity contribution in [1.29, 1.82) is 0 Å². The Bertz CT molecular complexity index is 942. The summed E-state index contributed by atoms with van der Waals surface area (Å²) in [6, 6.07) is -0.166. The number of carbonyl (C=O) groups is 2. The van der Waals surface area contributed by atoms with Gasteiger partial charge in [-0.25, -0.2) is 9.78 Å². The molecular formula is C29H43N3O4. The van der Waals surface area contributed by atoms with Crippen LogP contribution in [0.2, 0.25) is 0 Å². The van der Waals surface area contributed by atoms with E-state index in [-0.39, 0.29) is 23.8 Å². The molecule has 36 heavy (non-hydrogen) atoms. The number of nitrogens with zero attached hydrogens (tertiary/aromatic N) is 1. The number of hydrogen-bond acceptors (Lipinski definition) is 5. The number of allylic oxidation sites excluding steroid dienone is 3. The molecule has 0 spiro atoms. The third kappa shape index (κ3) is 9.88. The van der Waals surface area contributed by atoms with Gasteiger partial charge in [0.1, 0.15) is 11.6 Å². The first-order chi connectivity index (χ1) is 17.5. The molecule has 0 aliphatic heterocycles. The van der Waals surface area contributed by atoms with Crippen molar-refractivity contribution in [2.45, 2.75) is 85.1 Å². The second kappa shape index (κ2) is 16.6. The first kappa shape index (κ1) is 29.1. The highest BCUT2D eigenvalue weighted by Gasteiger charge is 2.26. The van der Waals surface area contributed by atoms with Crippen LogP contribution in [0.5, 0.6) is 0 Å². The zero-order valence-electron chi connectivity index (χ0n) is 22.3. The molecule has 2 N–H and O–H groups in total. The summed E-state index contributed by atoms with van der Waals surface area (Å²) in [7, 11) is 0. The highest BCUT2D eigenvalue weighted by atomic mass is 16.5. The van der Waals surface area contributed by atoms with Gasteiger partial charge >= 0.3 is 5.97 Å². The molecule has 0 saturated heterocycles. The summed E-state index contributed by atoms with van der Waals surface area (Å²) in [5.74, 6) is 0.875. The van der Waals surface area contributed by atoms with Crippen molar-refractivity contribution in [3.05, 3.63) is 59.4 Å². The van der Waals surface area contributed by atoms with Gasteiger partial charge in [0.05, 0.1) is 30.7 Å². The molecule has 1 aromatic rings. The number of aromatic nitrogens is 2. The Kier molecular flexibility index (Phi) is 13.4. The van der Waals surface area contributed by atoms with E-state index < -0.39 is 0 Å². The minimum absolute atomic E-state index is 0.0149. The van der Waals surface area contributed by atoms with Gasteiger partial charge in [-0.05, 0) is 44.8 Å². The Morgan fingerprint density at radius 1 is 1.17 bits per heavy atom. The molecule has 7 heteroatoms. The molecule has 2 rings (SSSR count). The monoisotopic (exact) mass is 497 g/mol. The van der Waals surface area contributed by atoms with Gasteiger partial charge in [-0.1, -0.05) is 57.9 Å². The number of esters is 1. The highest BCUT2D eigenvalue weighted by molar-refractivity contribution is 5.93. The molecule has 0 saturated carbocycles. The van der Waals surface area contributed by atoms with Gasteiger partial charge in [0.2, 0.25) is 5.91 Å². The van der Waals surface area contributed by atoms with Crippen LogP contribution in [0.15, 0.2) is 47.9 Å². The molecule has 7 nitrogen and oxygen atoms in total. The smallest absolute Gasteiger partial charge is 0.341 e. The fourth-order valence-electron chi connectivity index (χ4n) is 3.88. The van der Waals surface area contributed by atoms with E-state index in [1.165, 1.54) is 0 Å². The maximum absolute atomic E-state index is 13.0. The van der Waals surface area contributed by atoms with Crippen molar-refractivity contribution in [2.75, 3.05) is 13.2 Å². The van der Waals surface area contributed by atoms with Crippen molar-refractivity contribution in [3.63, 3.8) is 0 Å². The third-order valence-corrected chi connectivity index (χ3v) is 5.97. The van der Waals surface area contributed by atoms with Gasteiger partial charge in [0, 0.05) is 24.8 Å². The van der Waals surface area contributed by atoms with E-state index in [0.717, 1.165) is 56.5 Å². The van der Waals surface area contributed by atoms with Crippen LogP contribution in [-0.4, -0.2) is 41.1 Å². The number of H-pyrrole nitrogens is 1. The third-order valence-electron chi connectivity index (χ3n) is 5.97. The fraction of sp³-hybridized carbons (Fsp3) is 0.552. The lowest BCUT2D eigenvalue weighted by molar-refractivity contribution is -0.139. The minimum atomic E-state index is -0.382. The maximum atomic E-state index is 13.0. The first-order valence-electron chi connectivity index (χ1n) is 13.4. The van der Waals surface area contributed by atoms with Gasteiger partial charge in [0.25, 0.3) is 0 Å². The van der Waals surface area contributed by atoms with Crippen LogP contribution >= 0.6 is 0 Å². The Balaban J connectivity index is 2.20. The summed E-state index contributed by atoms with van der Waals surface area (Å²) in [4.78, 5) is 33.2. The van der Waals surface area contributed by atoms with E-state index >= 15 is 0 Å². The molecule has 1 amide bonds. The Morgan fingerprint density at radius 3 is 2.67 bits per heavy atom. The van der Waals surface area contributed by atoms with Crippen LogP contribution in [0.25, 0.3) is 6.08 Å². The lowest BCUT2D eigenvalue weighted by atomic mass is 9.92. The average Bonchev–Trinajstić information content (AvgIpc) is 3.20. The summed E-state index contributed by atoms with van der Waals surface area (Å²) in [6.45, 7) is 8.88. The van der Waals surface area contributed by atoms with Gasteiger partial charge in [0.15, 0.2) is 0 Å². The normalized spacial score (nSPS) is 16.3. The van der Waals surface area contributed by atoms with Crippen molar-refractivity contribution >= 4 is 18.0 Å². The van der Waals surface area contributed by atoms with E-state index in [1.54, 1.807) is 0 Å². The fourth-order valence-corrected chi connectivity index (χ4v) is 3.88. The number of imidazole rings is 1. The number of carbonyl (C=O) groups excluding carboxylic acids is 2. The van der Waals surface area contributed by atoms with Crippen LogP contribution in [0.1, 0.15) is 84.2 Å². The Labute approximate surface area is 216 Å². The molecule has 2 unspecified atom stereocenters. The van der Waals surface area contributed by atoms with Crippen molar-refractivity contribution < 1.29 is 19.1 Å². The number of ether oxygens (including phenoxy) is 2. The number of rotatable bonds is 16. The number of hydrogen-bond donors (Lipinski definition) is 2. The van der Waals surface area contributed by atoms with Gasteiger partial charge < -0.3 is 19.8 Å². The minimum Gasteiger partial charge on any atom is -0.493 e. The standard InChI is InChI=1S/C29H43N3O4/c1-5-9-18-35-26-16-11-14-22(20-24(26)29(34)36-19-10-6-2)25(32-28(33)8-4)15-12-17-27-30-21-23(31-27)13-7-3/h7,11,13-14,16,20-22,25H,5-6,8-10,12,15,17-19H2,1-4H3,(H,30,31)(H,32,33)/b13-7+. The molecule has 0 bridgehead atoms. The second-order valence-electron chi connectivity index (χ2n) is 8.97. The summed E-state index contributed by atoms with van der Waals surface area (Å²) in [5.41, 5.74) is 1.40. The van der Waals surface area contributed by atoms with E-state index in [9.17, 15) is 9.59 Å². The number of unbranched alkanes of at least 4 members (excludes halogenated alkanes) is 2. The zero-order valence-corrected chi connectivity index (χ0v) is 22.3. The SMILES string of the molecule is C/C=C/c1cnc(CCCC(NC(=O)CC)C2C=CC=C(OCCCC)C(C(=O)OCCCC)=C2)[nH]1. The van der Waals surface area contributed by atoms with Crippen molar-refractivity contribution in [3.8, 4) is 0 Å². The molecule has 1 aromatic heterocycles. The van der Waals surface area contributed by atoms with Crippen LogP contribution < -0.4 is 5.32 Å². The molecular weight excluding hydrogens is 454 g/mol. The number of amides is 1. The summed E-state index contributed by atoms with van der Waals surface area (Å²) in [6.07, 6.45) is 19.8. The molecule has 198 valence electrons. The average molecular weight is 498 g/mol. The quantitative estimate of drug-likeness (QED) is 0.222. The molecule has 1 aliphatic rings. The van der Waals surface area contributed by atoms with Crippen molar-refractivity contribution in [2.24, 2.45) is 5.92 Å². The van der Waals surface area contributed by atoms with E-state index in [1.807, 2.05) is 56.5 Å². The Hall–Kier alpha value is -3.09. The summed E-state index contributed by atoms with van der Waals surface area (Å²) >= 11 is 0. The van der Waals surface area contributed by atoms with E-state index in [4.69, 9.17) is 9.47 Å². The lowest BCUT2D eigenvalue weighted by Crippen LogP contribution is -2.39. The lowest BCUT2D eigenvalue weighted by Gasteiger charge is -2.24. The van der Waals surface area contributed by atoms with E-state index in [0.29, 0.717) is 31.0 Å². The van der Waals surface area contributed by atoms with Crippen molar-refractivity contribution in [1.82, 2.24) is 15.3 Å². The summed E-state index contributed by atoms with van der Waals surface area (Å²) < 4.78 is 11.5. The summed E-state index contributed by atoms with van der Waals surface area (Å²) in [5, 5.41) is 3.16. The number of aromatic amines is 1. The predicted octanol–water partition coefficient (Wildman–Crippen LogP) is 5.82. The topological polar surface area (TPSA) is 93.3 Å². The van der Waals surface area contributed by atoms with Crippen LogP contribution in [-0.2, 0) is 25.5 Å². The van der Waals surface area contributed by atoms with Crippen LogP contribution in [0, 0.1) is 5.92 Å². The van der Waals surface area contributed by atoms with Gasteiger partial charge in [-0.2, -0.15) is 0 Å².